The SMILES string of the molecule is O=C(CCO)c1ccc(F)[c-]c1F.O=C(CCO)c1ccc(F)[c-]c1F.[CH3-].[CH3-].[Ti+4]. The molecule has 0 heterocycles. The van der Waals surface area contributed by atoms with Gasteiger partial charge < -0.3 is 34.7 Å². The molecule has 0 saturated heterocycles. The third-order valence-corrected chi connectivity index (χ3v) is 3.00. The van der Waals surface area contributed by atoms with Gasteiger partial charge in [-0.2, -0.15) is 12.1 Å². The average molecular weight is 448 g/mol. The van der Waals surface area contributed by atoms with E-state index in [9.17, 15) is 27.2 Å². The smallest absolute Gasteiger partial charge is 0.396 e. The third kappa shape index (κ3) is 10.5. The van der Waals surface area contributed by atoms with Crippen LogP contribution in [-0.2, 0) is 21.7 Å². The summed E-state index contributed by atoms with van der Waals surface area (Å²) in [5.74, 6) is -4.85. The van der Waals surface area contributed by atoms with Gasteiger partial charge in [-0.25, -0.2) is 17.6 Å². The Kier molecular flexibility index (Phi) is 17.5. The van der Waals surface area contributed by atoms with Crippen molar-refractivity contribution in [3.8, 4) is 0 Å². The molecule has 0 unspecified atom stereocenters. The Bertz CT molecular complexity index is 720. The van der Waals surface area contributed by atoms with Crippen molar-refractivity contribution in [2.45, 2.75) is 12.8 Å². The maximum atomic E-state index is 12.8. The van der Waals surface area contributed by atoms with E-state index in [2.05, 4.69) is 0 Å². The van der Waals surface area contributed by atoms with E-state index < -0.39 is 34.8 Å². The molecular formula is C20H20F4O4Ti. The van der Waals surface area contributed by atoms with Crippen LogP contribution in [0.3, 0.4) is 0 Å². The number of hydrogen-bond donors (Lipinski definition) is 2. The minimum absolute atomic E-state index is 0. The zero-order chi connectivity index (χ0) is 19.7. The summed E-state index contributed by atoms with van der Waals surface area (Å²) in [7, 11) is 0. The number of hydrogen-bond acceptors (Lipinski definition) is 4. The molecule has 9 heteroatoms. The van der Waals surface area contributed by atoms with E-state index in [4.69, 9.17) is 10.2 Å². The van der Waals surface area contributed by atoms with Crippen LogP contribution in [0.4, 0.5) is 17.6 Å². The summed E-state index contributed by atoms with van der Waals surface area (Å²) in [5.41, 5.74) is -0.481. The average Bonchev–Trinajstić information content (AvgIpc) is 2.55. The molecule has 0 bridgehead atoms. The maximum absolute atomic E-state index is 12.8. The molecule has 0 saturated carbocycles. The topological polar surface area (TPSA) is 74.6 Å². The van der Waals surface area contributed by atoms with Gasteiger partial charge in [-0.1, -0.05) is 11.1 Å². The molecule has 0 aliphatic rings. The second-order valence-corrected chi connectivity index (χ2v) is 4.86. The maximum Gasteiger partial charge on any atom is 4.00 e. The summed E-state index contributed by atoms with van der Waals surface area (Å²) in [4.78, 5) is 22.1. The summed E-state index contributed by atoms with van der Waals surface area (Å²) in [6.07, 6.45) is -0.340. The van der Waals surface area contributed by atoms with Crippen molar-refractivity contribution in [2.24, 2.45) is 0 Å². The molecule has 29 heavy (non-hydrogen) atoms. The molecule has 156 valence electrons. The second-order valence-electron chi connectivity index (χ2n) is 4.86. The first kappa shape index (κ1) is 31.8. The predicted octanol–water partition coefficient (Wildman–Crippen LogP) is 3.56. The molecule has 4 nitrogen and oxygen atoms in total. The molecule has 0 aliphatic heterocycles. The van der Waals surface area contributed by atoms with Crippen LogP contribution in [0.5, 0.6) is 0 Å². The van der Waals surface area contributed by atoms with Crippen LogP contribution in [-0.4, -0.2) is 35.0 Å². The first-order chi connectivity index (χ1) is 12.3. The molecule has 0 fully saturated rings. The van der Waals surface area contributed by atoms with Gasteiger partial charge in [-0.05, 0) is 0 Å². The van der Waals surface area contributed by atoms with Gasteiger partial charge in [0.1, 0.15) is 11.6 Å². The molecule has 2 rings (SSSR count). The van der Waals surface area contributed by atoms with Gasteiger partial charge in [0.2, 0.25) is 0 Å². The standard InChI is InChI=1S/2C9H7F2O2.2CH3.Ti/c2*10-6-1-2-7(8(11)5-6)9(13)3-4-12;;;/h2*1-2,12H,3-4H2;2*1H3;/q4*-1;+4. The fraction of sp³-hybridized carbons (Fsp3) is 0.200. The zero-order valence-electron chi connectivity index (χ0n) is 15.9. The number of aliphatic hydroxyl groups excluding tert-OH is 2. The van der Waals surface area contributed by atoms with Crippen LogP contribution in [0.15, 0.2) is 24.3 Å². The first-order valence-electron chi connectivity index (χ1n) is 7.33. The molecule has 2 N–H and O–H groups in total. The number of Topliss-reactive ketones (excluding diaryl/α,β-unsaturated/α-hetero) is 2. The number of carbonyl (C=O) groups is 2. The predicted molar refractivity (Wildman–Crippen MR) is 95.3 cm³/mol. The molecule has 0 spiro atoms. The number of rotatable bonds is 6. The van der Waals surface area contributed by atoms with E-state index in [1.54, 1.807) is 12.1 Å². The van der Waals surface area contributed by atoms with Crippen molar-refractivity contribution >= 4 is 11.6 Å². The van der Waals surface area contributed by atoms with Gasteiger partial charge >= 0.3 is 21.7 Å². The summed E-state index contributed by atoms with van der Waals surface area (Å²) >= 11 is 0. The Morgan fingerprint density at radius 2 is 1.03 bits per heavy atom. The van der Waals surface area contributed by atoms with Crippen molar-refractivity contribution in [1.82, 2.24) is 0 Å². The third-order valence-electron chi connectivity index (χ3n) is 3.00. The Morgan fingerprint density at radius 1 is 0.724 bits per heavy atom. The number of aliphatic hydroxyl groups is 2. The van der Waals surface area contributed by atoms with Crippen molar-refractivity contribution in [3.05, 3.63) is 85.6 Å². The normalized spacial score (nSPS) is 9.03. The quantitative estimate of drug-likeness (QED) is 0.307. The fourth-order valence-electron chi connectivity index (χ4n) is 1.79. The fourth-order valence-corrected chi connectivity index (χ4v) is 1.79. The Morgan fingerprint density at radius 3 is 1.28 bits per heavy atom. The van der Waals surface area contributed by atoms with Crippen LogP contribution in [0, 0.1) is 50.3 Å². The van der Waals surface area contributed by atoms with Gasteiger partial charge in [0.25, 0.3) is 0 Å². The van der Waals surface area contributed by atoms with E-state index in [1.807, 2.05) is 0 Å². The van der Waals surface area contributed by atoms with Gasteiger partial charge in [-0.15, -0.1) is 24.3 Å². The summed E-state index contributed by atoms with van der Waals surface area (Å²) in [6, 6.07) is 7.47. The van der Waals surface area contributed by atoms with Gasteiger partial charge in [0.05, 0.1) is 0 Å². The van der Waals surface area contributed by atoms with E-state index >= 15 is 0 Å². The Balaban J connectivity index is -0.000000422. The zero-order valence-corrected chi connectivity index (χ0v) is 17.4. The van der Waals surface area contributed by atoms with Crippen molar-refractivity contribution in [3.63, 3.8) is 0 Å². The molecule has 0 atom stereocenters. The van der Waals surface area contributed by atoms with E-state index in [0.29, 0.717) is 0 Å². The van der Waals surface area contributed by atoms with E-state index in [0.717, 1.165) is 24.3 Å². The van der Waals surface area contributed by atoms with E-state index in [1.165, 1.54) is 0 Å². The summed E-state index contributed by atoms with van der Waals surface area (Å²) < 4.78 is 50.3. The number of ketones is 2. The largest absolute Gasteiger partial charge is 4.00 e. The summed E-state index contributed by atoms with van der Waals surface area (Å²) in [5, 5.41) is 16.8. The molecular weight excluding hydrogens is 428 g/mol. The van der Waals surface area contributed by atoms with Crippen molar-refractivity contribution in [1.29, 1.82) is 0 Å². The summed E-state index contributed by atoms with van der Waals surface area (Å²) in [6.45, 7) is -0.703. The Labute approximate surface area is 182 Å². The Hall–Kier alpha value is -1.87. The van der Waals surface area contributed by atoms with Crippen LogP contribution in [0.25, 0.3) is 0 Å². The minimum atomic E-state index is -1.02. The number of halogens is 4. The van der Waals surface area contributed by atoms with Crippen LogP contribution < -0.4 is 0 Å². The number of carbonyl (C=O) groups excluding carboxylic acids is 2. The molecule has 2 aromatic carbocycles. The molecule has 0 aromatic heterocycles. The number of benzene rings is 2. The van der Waals surface area contributed by atoms with Gasteiger partial charge in [0, 0.05) is 49.3 Å². The first-order valence-corrected chi connectivity index (χ1v) is 7.33. The van der Waals surface area contributed by atoms with Crippen molar-refractivity contribution < 1.29 is 59.1 Å². The van der Waals surface area contributed by atoms with Crippen LogP contribution >= 0.6 is 0 Å². The molecule has 0 amide bonds. The van der Waals surface area contributed by atoms with Gasteiger partial charge in [-0.3, -0.25) is 0 Å². The van der Waals surface area contributed by atoms with Crippen LogP contribution in [0.2, 0.25) is 0 Å². The second kappa shape index (κ2) is 16.0. The minimum Gasteiger partial charge on any atom is -0.396 e. The van der Waals surface area contributed by atoms with Crippen molar-refractivity contribution in [2.75, 3.05) is 13.2 Å². The molecule has 0 radical (unpaired) electrons. The monoisotopic (exact) mass is 448 g/mol. The van der Waals surface area contributed by atoms with E-state index in [-0.39, 0.29) is 73.8 Å². The molecule has 2 aromatic rings. The van der Waals surface area contributed by atoms with Gasteiger partial charge in [0.15, 0.2) is 0 Å². The molecule has 0 aliphatic carbocycles. The van der Waals surface area contributed by atoms with Crippen LogP contribution in [0.1, 0.15) is 33.6 Å².